The van der Waals surface area contributed by atoms with Crippen LogP contribution < -0.4 is 21.5 Å². The summed E-state index contributed by atoms with van der Waals surface area (Å²) in [6.45, 7) is 3.01. The van der Waals surface area contributed by atoms with E-state index in [1.54, 1.807) is 29.8 Å². The van der Waals surface area contributed by atoms with E-state index in [-0.39, 0.29) is 5.52 Å². The summed E-state index contributed by atoms with van der Waals surface area (Å²) in [7, 11) is 3.04. The lowest BCUT2D eigenvalue weighted by Gasteiger charge is -2.28. The largest absolute Gasteiger partial charge is 0.339 e. The first-order valence-corrected chi connectivity index (χ1v) is 8.68. The van der Waals surface area contributed by atoms with Gasteiger partial charge < -0.3 is 10.2 Å². The Morgan fingerprint density at radius 2 is 1.81 bits per heavy atom. The SMILES string of the molecule is Cn1c(=O)c2c(nc(N3CCNCC3)n2-c2ccccc2C#N)n(C)c1=O. The molecule has 2 aromatic heterocycles. The summed E-state index contributed by atoms with van der Waals surface area (Å²) in [5.41, 5.74) is 0.739. The van der Waals surface area contributed by atoms with Crippen molar-refractivity contribution in [3.05, 3.63) is 50.7 Å². The number of para-hydroxylation sites is 1. The summed E-state index contributed by atoms with van der Waals surface area (Å²) in [4.78, 5) is 32.0. The van der Waals surface area contributed by atoms with Crippen LogP contribution in [-0.4, -0.2) is 44.9 Å². The van der Waals surface area contributed by atoms with E-state index in [4.69, 9.17) is 0 Å². The number of nitrogens with zero attached hydrogens (tertiary/aromatic N) is 6. The van der Waals surface area contributed by atoms with E-state index in [0.29, 0.717) is 35.9 Å². The van der Waals surface area contributed by atoms with E-state index in [1.165, 1.54) is 11.6 Å². The summed E-state index contributed by atoms with van der Waals surface area (Å²) in [6, 6.07) is 9.27. The molecule has 1 N–H and O–H groups in total. The maximum atomic E-state index is 13.0. The highest BCUT2D eigenvalue weighted by molar-refractivity contribution is 5.78. The molecule has 0 amide bonds. The third-order valence-corrected chi connectivity index (χ3v) is 4.91. The third kappa shape index (κ3) is 2.53. The number of aromatic nitrogens is 4. The molecule has 0 aliphatic carbocycles. The Labute approximate surface area is 154 Å². The fraction of sp³-hybridized carbons (Fsp3) is 0.333. The molecule has 0 atom stereocenters. The fourth-order valence-electron chi connectivity index (χ4n) is 3.45. The molecule has 9 heteroatoms. The number of rotatable bonds is 2. The van der Waals surface area contributed by atoms with Gasteiger partial charge in [-0.1, -0.05) is 12.1 Å². The molecule has 1 fully saturated rings. The lowest BCUT2D eigenvalue weighted by atomic mass is 10.2. The van der Waals surface area contributed by atoms with Gasteiger partial charge >= 0.3 is 5.69 Å². The number of benzene rings is 1. The molecule has 0 unspecified atom stereocenters. The van der Waals surface area contributed by atoms with Crippen LogP contribution in [-0.2, 0) is 14.1 Å². The van der Waals surface area contributed by atoms with Crippen molar-refractivity contribution < 1.29 is 0 Å². The molecule has 138 valence electrons. The molecule has 4 rings (SSSR count). The van der Waals surface area contributed by atoms with E-state index in [1.807, 2.05) is 6.07 Å². The Bertz CT molecular complexity index is 1190. The highest BCUT2D eigenvalue weighted by atomic mass is 16.2. The van der Waals surface area contributed by atoms with Gasteiger partial charge in [-0.15, -0.1) is 0 Å². The number of nitrogens with one attached hydrogen (secondary N) is 1. The highest BCUT2D eigenvalue weighted by Gasteiger charge is 2.25. The first-order chi connectivity index (χ1) is 13.0. The van der Waals surface area contributed by atoms with Gasteiger partial charge in [-0.05, 0) is 12.1 Å². The second kappa shape index (κ2) is 6.41. The molecule has 0 spiro atoms. The summed E-state index contributed by atoms with van der Waals surface area (Å²) < 4.78 is 4.14. The zero-order chi connectivity index (χ0) is 19.1. The number of anilines is 1. The Morgan fingerprint density at radius 1 is 1.11 bits per heavy atom. The average Bonchev–Trinajstić information content (AvgIpc) is 3.12. The molecule has 1 saturated heterocycles. The number of hydrogen-bond donors (Lipinski definition) is 1. The van der Waals surface area contributed by atoms with E-state index in [0.717, 1.165) is 17.7 Å². The number of aryl methyl sites for hydroxylation is 1. The predicted molar refractivity (Wildman–Crippen MR) is 101 cm³/mol. The second-order valence-corrected chi connectivity index (χ2v) is 6.49. The molecule has 1 aromatic carbocycles. The molecule has 27 heavy (non-hydrogen) atoms. The van der Waals surface area contributed by atoms with Crippen LogP contribution >= 0.6 is 0 Å². The summed E-state index contributed by atoms with van der Waals surface area (Å²) in [5.74, 6) is 0.562. The number of fused-ring (bicyclic) bond motifs is 1. The highest BCUT2D eigenvalue weighted by Crippen LogP contribution is 2.26. The standard InChI is InChI=1S/C18H19N7O2/c1-22-15-14(16(26)23(2)18(22)27)25(13-6-4-3-5-12(13)11-19)17(21-15)24-9-7-20-8-10-24/h3-6,20H,7-10H2,1-2H3. The topological polar surface area (TPSA) is 101 Å². The zero-order valence-electron chi connectivity index (χ0n) is 15.1. The number of hydrogen-bond acceptors (Lipinski definition) is 6. The Hall–Kier alpha value is -3.38. The minimum Gasteiger partial charge on any atom is -0.339 e. The lowest BCUT2D eigenvalue weighted by Crippen LogP contribution is -2.44. The van der Waals surface area contributed by atoms with Gasteiger partial charge in [-0.2, -0.15) is 10.2 Å². The maximum Gasteiger partial charge on any atom is 0.332 e. The molecule has 1 aliphatic heterocycles. The number of imidazole rings is 1. The zero-order valence-corrected chi connectivity index (χ0v) is 15.1. The van der Waals surface area contributed by atoms with Crippen molar-refractivity contribution in [2.45, 2.75) is 0 Å². The van der Waals surface area contributed by atoms with Gasteiger partial charge in [0.25, 0.3) is 5.56 Å². The van der Waals surface area contributed by atoms with E-state index >= 15 is 0 Å². The van der Waals surface area contributed by atoms with Crippen LogP contribution in [0.3, 0.4) is 0 Å². The van der Waals surface area contributed by atoms with Crippen molar-refractivity contribution in [2.24, 2.45) is 14.1 Å². The van der Waals surface area contributed by atoms with Crippen LogP contribution in [0, 0.1) is 11.3 Å². The molecular formula is C18H19N7O2. The van der Waals surface area contributed by atoms with Crippen LogP contribution in [0.4, 0.5) is 5.95 Å². The average molecular weight is 365 g/mol. The second-order valence-electron chi connectivity index (χ2n) is 6.49. The van der Waals surface area contributed by atoms with Gasteiger partial charge in [0.1, 0.15) is 6.07 Å². The van der Waals surface area contributed by atoms with Gasteiger partial charge in [0.05, 0.1) is 11.3 Å². The van der Waals surface area contributed by atoms with Crippen molar-refractivity contribution in [1.29, 1.82) is 5.26 Å². The molecule has 3 aromatic rings. The van der Waals surface area contributed by atoms with Gasteiger partial charge in [0.15, 0.2) is 11.2 Å². The van der Waals surface area contributed by atoms with Crippen molar-refractivity contribution in [2.75, 3.05) is 31.1 Å². The minimum atomic E-state index is -0.435. The van der Waals surface area contributed by atoms with Crippen LogP contribution in [0.25, 0.3) is 16.9 Å². The Kier molecular flexibility index (Phi) is 4.05. The van der Waals surface area contributed by atoms with Gasteiger partial charge in [0, 0.05) is 40.3 Å². The van der Waals surface area contributed by atoms with Crippen molar-refractivity contribution in [1.82, 2.24) is 24.0 Å². The van der Waals surface area contributed by atoms with Crippen molar-refractivity contribution in [3.63, 3.8) is 0 Å². The molecule has 0 saturated carbocycles. The van der Waals surface area contributed by atoms with Crippen LogP contribution in [0.2, 0.25) is 0 Å². The summed E-state index contributed by atoms with van der Waals surface area (Å²) in [6.07, 6.45) is 0. The predicted octanol–water partition coefficient (Wildman–Crippen LogP) is -0.296. The fourth-order valence-corrected chi connectivity index (χ4v) is 3.45. The normalized spacial score (nSPS) is 14.5. The molecular weight excluding hydrogens is 346 g/mol. The van der Waals surface area contributed by atoms with Crippen LogP contribution in [0.5, 0.6) is 0 Å². The number of nitriles is 1. The van der Waals surface area contributed by atoms with Crippen LogP contribution in [0.15, 0.2) is 33.9 Å². The van der Waals surface area contributed by atoms with E-state index in [2.05, 4.69) is 21.3 Å². The summed E-state index contributed by atoms with van der Waals surface area (Å²) >= 11 is 0. The first kappa shape index (κ1) is 17.1. The Balaban J connectivity index is 2.15. The van der Waals surface area contributed by atoms with Gasteiger partial charge in [-0.3, -0.25) is 18.5 Å². The summed E-state index contributed by atoms with van der Waals surface area (Å²) in [5, 5.41) is 12.9. The lowest BCUT2D eigenvalue weighted by molar-refractivity contribution is 0.578. The molecule has 3 heterocycles. The number of piperazine rings is 1. The Morgan fingerprint density at radius 3 is 2.52 bits per heavy atom. The quantitative estimate of drug-likeness (QED) is 0.669. The van der Waals surface area contributed by atoms with E-state index < -0.39 is 11.2 Å². The maximum absolute atomic E-state index is 13.0. The smallest absolute Gasteiger partial charge is 0.332 e. The monoisotopic (exact) mass is 365 g/mol. The molecule has 0 radical (unpaired) electrons. The van der Waals surface area contributed by atoms with Gasteiger partial charge in [-0.25, -0.2) is 4.79 Å². The van der Waals surface area contributed by atoms with Gasteiger partial charge in [0.2, 0.25) is 5.95 Å². The molecule has 1 aliphatic rings. The van der Waals surface area contributed by atoms with Crippen molar-refractivity contribution >= 4 is 17.1 Å². The molecule has 0 bridgehead atoms. The third-order valence-electron chi connectivity index (χ3n) is 4.91. The minimum absolute atomic E-state index is 0.288. The van der Waals surface area contributed by atoms with Crippen LogP contribution in [0.1, 0.15) is 5.56 Å². The molecule has 9 nitrogen and oxygen atoms in total. The first-order valence-electron chi connectivity index (χ1n) is 8.68. The van der Waals surface area contributed by atoms with Crippen molar-refractivity contribution in [3.8, 4) is 11.8 Å². The van der Waals surface area contributed by atoms with E-state index in [9.17, 15) is 14.9 Å².